The largest absolute Gasteiger partial charge is 0.481 e. The van der Waals surface area contributed by atoms with E-state index in [0.29, 0.717) is 26.1 Å². The number of carboxylic acid groups (broad SMARTS) is 1. The topological polar surface area (TPSA) is 83.9 Å². The molecule has 2 amide bonds. The number of rotatable bonds is 3. The smallest absolute Gasteiger partial charge is 0.311 e. The number of aliphatic carboxylic acids is 1. The number of likely N-dealkylation sites (tertiary alicyclic amines) is 1. The molecule has 0 radical (unpaired) electrons. The first-order valence-electron chi connectivity index (χ1n) is 6.90. The van der Waals surface area contributed by atoms with Crippen molar-refractivity contribution in [2.45, 2.75) is 39.5 Å². The molecule has 6 nitrogen and oxygen atoms in total. The Morgan fingerprint density at radius 3 is 2.15 bits per heavy atom. The van der Waals surface area contributed by atoms with Crippen LogP contribution in [0.5, 0.6) is 0 Å². The molecule has 2 heterocycles. The van der Waals surface area contributed by atoms with Gasteiger partial charge in [0.1, 0.15) is 0 Å². The highest BCUT2D eigenvalue weighted by Gasteiger charge is 2.46. The van der Waals surface area contributed by atoms with Gasteiger partial charge in [-0.05, 0) is 18.3 Å². The van der Waals surface area contributed by atoms with Crippen LogP contribution in [0.25, 0.3) is 0 Å². The molecular weight excluding hydrogens is 262 g/mol. The zero-order chi connectivity index (χ0) is 15.0. The van der Waals surface area contributed by atoms with E-state index in [0.717, 1.165) is 4.90 Å². The lowest BCUT2D eigenvalue weighted by molar-refractivity contribution is -0.164. The molecule has 2 aliphatic rings. The van der Waals surface area contributed by atoms with Crippen molar-refractivity contribution in [3.63, 3.8) is 0 Å². The van der Waals surface area contributed by atoms with Gasteiger partial charge in [-0.25, -0.2) is 0 Å². The van der Waals surface area contributed by atoms with E-state index in [-0.39, 0.29) is 36.6 Å². The molecule has 0 saturated carbocycles. The number of hydrogen-bond acceptors (Lipinski definition) is 4. The van der Waals surface area contributed by atoms with Crippen molar-refractivity contribution in [3.8, 4) is 0 Å². The molecule has 2 saturated heterocycles. The molecule has 0 atom stereocenters. The Labute approximate surface area is 118 Å². The first-order chi connectivity index (χ1) is 9.26. The van der Waals surface area contributed by atoms with Gasteiger partial charge in [-0.1, -0.05) is 13.8 Å². The van der Waals surface area contributed by atoms with Gasteiger partial charge in [-0.2, -0.15) is 0 Å². The maximum Gasteiger partial charge on any atom is 0.311 e. The molecule has 6 heteroatoms. The van der Waals surface area contributed by atoms with E-state index in [9.17, 15) is 19.5 Å². The lowest BCUT2D eigenvalue weighted by Crippen LogP contribution is -2.54. The third-order valence-electron chi connectivity index (χ3n) is 4.23. The Balaban J connectivity index is 2.17. The zero-order valence-electron chi connectivity index (χ0n) is 12.0. The highest BCUT2D eigenvalue weighted by atomic mass is 16.5. The zero-order valence-corrected chi connectivity index (χ0v) is 12.0. The van der Waals surface area contributed by atoms with Crippen LogP contribution in [0.1, 0.15) is 39.5 Å². The Bertz CT molecular complexity index is 417. The lowest BCUT2D eigenvalue weighted by Gasteiger charge is -2.40. The second kappa shape index (κ2) is 5.16. The SMILES string of the molecule is CC1(C)CC(=O)N(CC2(C(=O)O)CCOCC2)C(=O)C1. The van der Waals surface area contributed by atoms with E-state index in [1.54, 1.807) is 0 Å². The van der Waals surface area contributed by atoms with Crippen LogP contribution >= 0.6 is 0 Å². The third-order valence-corrected chi connectivity index (χ3v) is 4.23. The number of carbonyl (C=O) groups is 3. The van der Waals surface area contributed by atoms with Gasteiger partial charge in [0, 0.05) is 32.6 Å². The van der Waals surface area contributed by atoms with Gasteiger partial charge in [0.15, 0.2) is 0 Å². The quantitative estimate of drug-likeness (QED) is 0.782. The Kier molecular flexibility index (Phi) is 3.86. The van der Waals surface area contributed by atoms with Crippen molar-refractivity contribution in [2.75, 3.05) is 19.8 Å². The minimum atomic E-state index is -1.05. The minimum Gasteiger partial charge on any atom is -0.481 e. The third kappa shape index (κ3) is 2.85. The molecule has 0 spiro atoms. The van der Waals surface area contributed by atoms with Crippen molar-refractivity contribution in [3.05, 3.63) is 0 Å². The maximum absolute atomic E-state index is 12.1. The van der Waals surface area contributed by atoms with Crippen molar-refractivity contribution >= 4 is 17.8 Å². The fraction of sp³-hybridized carbons (Fsp3) is 0.786. The molecule has 1 N–H and O–H groups in total. The van der Waals surface area contributed by atoms with E-state index < -0.39 is 11.4 Å². The summed E-state index contributed by atoms with van der Waals surface area (Å²) < 4.78 is 5.20. The van der Waals surface area contributed by atoms with Gasteiger partial charge in [-0.15, -0.1) is 0 Å². The molecule has 112 valence electrons. The number of imide groups is 1. The summed E-state index contributed by atoms with van der Waals surface area (Å²) in [5, 5.41) is 9.49. The van der Waals surface area contributed by atoms with Gasteiger partial charge >= 0.3 is 5.97 Å². The van der Waals surface area contributed by atoms with Gasteiger partial charge in [-0.3, -0.25) is 19.3 Å². The predicted octanol–water partition coefficient (Wildman–Crippen LogP) is 1.04. The second-order valence-electron chi connectivity index (χ2n) is 6.59. The first kappa shape index (κ1) is 15.0. The fourth-order valence-electron chi connectivity index (χ4n) is 2.89. The van der Waals surface area contributed by atoms with Crippen LogP contribution in [0.3, 0.4) is 0 Å². The second-order valence-corrected chi connectivity index (χ2v) is 6.59. The Morgan fingerprint density at radius 2 is 1.70 bits per heavy atom. The van der Waals surface area contributed by atoms with Crippen LogP contribution in [0.4, 0.5) is 0 Å². The van der Waals surface area contributed by atoms with Gasteiger partial charge in [0.2, 0.25) is 11.8 Å². The number of ether oxygens (including phenoxy) is 1. The van der Waals surface area contributed by atoms with Crippen LogP contribution in [0.2, 0.25) is 0 Å². The molecule has 0 aromatic heterocycles. The summed E-state index contributed by atoms with van der Waals surface area (Å²) in [6.45, 7) is 4.44. The van der Waals surface area contributed by atoms with Gasteiger partial charge in [0.25, 0.3) is 0 Å². The van der Waals surface area contributed by atoms with E-state index in [1.807, 2.05) is 13.8 Å². The van der Waals surface area contributed by atoms with Crippen molar-refractivity contribution in [2.24, 2.45) is 10.8 Å². The lowest BCUT2D eigenvalue weighted by atomic mass is 9.77. The van der Waals surface area contributed by atoms with Gasteiger partial charge < -0.3 is 9.84 Å². The molecular formula is C14H21NO5. The van der Waals surface area contributed by atoms with Crippen molar-refractivity contribution in [1.82, 2.24) is 4.90 Å². The molecule has 2 rings (SSSR count). The Morgan fingerprint density at radius 1 is 1.20 bits per heavy atom. The van der Waals surface area contributed by atoms with Crippen LogP contribution < -0.4 is 0 Å². The number of hydrogen-bond donors (Lipinski definition) is 1. The molecule has 2 aliphatic heterocycles. The average molecular weight is 283 g/mol. The molecule has 0 unspecified atom stereocenters. The molecule has 2 fully saturated rings. The van der Waals surface area contributed by atoms with Crippen LogP contribution in [-0.4, -0.2) is 47.5 Å². The molecule has 0 aromatic carbocycles. The van der Waals surface area contributed by atoms with E-state index in [1.165, 1.54) is 0 Å². The summed E-state index contributed by atoms with van der Waals surface area (Å²) in [5.74, 6) is -1.48. The Hall–Kier alpha value is -1.43. The summed E-state index contributed by atoms with van der Waals surface area (Å²) in [4.78, 5) is 37.0. The highest BCUT2D eigenvalue weighted by molar-refractivity contribution is 5.99. The van der Waals surface area contributed by atoms with Crippen LogP contribution in [-0.2, 0) is 19.1 Å². The predicted molar refractivity (Wildman–Crippen MR) is 69.9 cm³/mol. The average Bonchev–Trinajstić information content (AvgIpc) is 2.34. The number of carboxylic acids is 1. The van der Waals surface area contributed by atoms with Gasteiger partial charge in [0.05, 0.1) is 5.41 Å². The van der Waals surface area contributed by atoms with E-state index in [4.69, 9.17) is 4.74 Å². The molecule has 0 aromatic rings. The highest BCUT2D eigenvalue weighted by Crippen LogP contribution is 2.36. The summed E-state index contributed by atoms with van der Waals surface area (Å²) in [6.07, 6.45) is 1.24. The molecule has 0 aliphatic carbocycles. The molecule has 0 bridgehead atoms. The number of amides is 2. The maximum atomic E-state index is 12.1. The van der Waals surface area contributed by atoms with Crippen molar-refractivity contribution < 1.29 is 24.2 Å². The normalized spacial score (nSPS) is 25.6. The minimum absolute atomic E-state index is 0.0283. The van der Waals surface area contributed by atoms with E-state index >= 15 is 0 Å². The summed E-state index contributed by atoms with van der Waals surface area (Å²) in [6, 6.07) is 0. The van der Waals surface area contributed by atoms with Crippen LogP contribution in [0.15, 0.2) is 0 Å². The van der Waals surface area contributed by atoms with Crippen molar-refractivity contribution in [1.29, 1.82) is 0 Å². The fourth-order valence-corrected chi connectivity index (χ4v) is 2.89. The van der Waals surface area contributed by atoms with E-state index in [2.05, 4.69) is 0 Å². The first-order valence-corrected chi connectivity index (χ1v) is 6.90. The number of piperidine rings is 1. The summed E-state index contributed by atoms with van der Waals surface area (Å²) in [5.41, 5.74) is -1.39. The number of nitrogens with zero attached hydrogens (tertiary/aromatic N) is 1. The monoisotopic (exact) mass is 283 g/mol. The summed E-state index contributed by atoms with van der Waals surface area (Å²) >= 11 is 0. The standard InChI is InChI=1S/C14H21NO5/c1-13(2)7-10(16)15(11(17)8-13)9-14(12(18)19)3-5-20-6-4-14/h3-9H2,1-2H3,(H,18,19). The molecule has 20 heavy (non-hydrogen) atoms. The number of carbonyl (C=O) groups excluding carboxylic acids is 2. The van der Waals surface area contributed by atoms with Crippen LogP contribution in [0, 0.1) is 10.8 Å². The summed E-state index contributed by atoms with van der Waals surface area (Å²) in [7, 11) is 0.